The second kappa shape index (κ2) is 6.14. The molecule has 0 radical (unpaired) electrons. The summed E-state index contributed by atoms with van der Waals surface area (Å²) in [5.74, 6) is -2.73. The maximum atomic E-state index is 13.0. The Balaban J connectivity index is 2.71. The molecule has 0 aromatic heterocycles. The molecule has 0 amide bonds. The van der Waals surface area contributed by atoms with E-state index in [2.05, 4.69) is 5.32 Å². The number of benzene rings is 1. The van der Waals surface area contributed by atoms with Crippen LogP contribution in [0.5, 0.6) is 0 Å². The van der Waals surface area contributed by atoms with E-state index in [-0.39, 0.29) is 16.7 Å². The molecule has 1 heterocycles. The molecule has 0 aliphatic carbocycles. The Morgan fingerprint density at radius 2 is 1.71 bits per heavy atom. The van der Waals surface area contributed by atoms with Crippen molar-refractivity contribution in [2.75, 3.05) is 0 Å². The van der Waals surface area contributed by atoms with Crippen molar-refractivity contribution < 1.29 is 27.9 Å². The molecule has 2 rings (SSSR count). The Kier molecular flexibility index (Phi) is 4.55. The van der Waals surface area contributed by atoms with Gasteiger partial charge in [-0.25, -0.2) is 4.79 Å². The molecule has 0 saturated heterocycles. The number of hydrogen-bond acceptors (Lipinski definition) is 3. The largest absolute Gasteiger partial charge is 0.478 e. The standard InChI is InChI=1S/C17H16F3NO3/c1-8-13(10(3)22)15(14(16(23)24)9(2)21-8)11-5-4-6-12(7-11)17(18,19)20/h4-7,15,21H,1-3H3,(H,23,24). The molecule has 1 unspecified atom stereocenters. The molecule has 1 atom stereocenters. The summed E-state index contributed by atoms with van der Waals surface area (Å²) in [4.78, 5) is 23.7. The minimum absolute atomic E-state index is 0.118. The second-order valence-corrected chi connectivity index (χ2v) is 5.62. The van der Waals surface area contributed by atoms with Gasteiger partial charge >= 0.3 is 12.1 Å². The number of dihydropyridines is 1. The van der Waals surface area contributed by atoms with Crippen molar-refractivity contribution >= 4 is 11.8 Å². The van der Waals surface area contributed by atoms with E-state index in [1.807, 2.05) is 0 Å². The number of hydrogen-bond donors (Lipinski definition) is 2. The van der Waals surface area contributed by atoms with Crippen LogP contribution < -0.4 is 5.32 Å². The minimum atomic E-state index is -4.56. The summed E-state index contributed by atoms with van der Waals surface area (Å²) in [5.41, 5.74) is -0.0172. The highest BCUT2D eigenvalue weighted by Gasteiger charge is 2.37. The van der Waals surface area contributed by atoms with Crippen molar-refractivity contribution in [1.29, 1.82) is 0 Å². The molecule has 0 fully saturated rings. The van der Waals surface area contributed by atoms with Crippen molar-refractivity contribution in [3.8, 4) is 0 Å². The van der Waals surface area contributed by atoms with Crippen LogP contribution in [0.4, 0.5) is 13.2 Å². The first-order valence-corrected chi connectivity index (χ1v) is 7.14. The van der Waals surface area contributed by atoms with Gasteiger partial charge in [0.05, 0.1) is 11.1 Å². The van der Waals surface area contributed by atoms with Gasteiger partial charge in [0.2, 0.25) is 0 Å². The van der Waals surface area contributed by atoms with Gasteiger partial charge in [0.1, 0.15) is 0 Å². The van der Waals surface area contributed by atoms with Crippen molar-refractivity contribution in [3.05, 3.63) is 57.9 Å². The number of halogens is 3. The highest BCUT2D eigenvalue weighted by molar-refractivity contribution is 6.01. The topological polar surface area (TPSA) is 66.4 Å². The van der Waals surface area contributed by atoms with E-state index in [9.17, 15) is 27.9 Å². The van der Waals surface area contributed by atoms with Crippen molar-refractivity contribution in [1.82, 2.24) is 5.32 Å². The van der Waals surface area contributed by atoms with Crippen molar-refractivity contribution in [2.45, 2.75) is 32.9 Å². The zero-order chi connectivity index (χ0) is 18.2. The van der Waals surface area contributed by atoms with E-state index >= 15 is 0 Å². The first-order chi connectivity index (χ1) is 11.0. The number of aliphatic carboxylic acids is 1. The summed E-state index contributed by atoms with van der Waals surface area (Å²) in [7, 11) is 0. The number of carboxylic acid groups (broad SMARTS) is 1. The number of carboxylic acids is 1. The average Bonchev–Trinajstić information content (AvgIpc) is 2.44. The molecular formula is C17H16F3NO3. The normalized spacial score (nSPS) is 18.5. The monoisotopic (exact) mass is 339 g/mol. The Labute approximate surface area is 136 Å². The molecule has 1 aliphatic heterocycles. The lowest BCUT2D eigenvalue weighted by Crippen LogP contribution is -2.30. The number of Topliss-reactive ketones (excluding diaryl/α,β-unsaturated/α-hetero) is 1. The molecule has 1 aliphatic rings. The predicted molar refractivity (Wildman–Crippen MR) is 81.0 cm³/mol. The fourth-order valence-corrected chi connectivity index (χ4v) is 2.97. The lowest BCUT2D eigenvalue weighted by Gasteiger charge is -2.30. The molecule has 1 aromatic rings. The summed E-state index contributed by atoms with van der Waals surface area (Å²) >= 11 is 0. The Hall–Kier alpha value is -2.57. The van der Waals surface area contributed by atoms with Crippen LogP contribution in [-0.4, -0.2) is 16.9 Å². The van der Waals surface area contributed by atoms with Gasteiger partial charge in [0, 0.05) is 22.9 Å². The maximum Gasteiger partial charge on any atom is 0.416 e. The first-order valence-electron chi connectivity index (χ1n) is 7.14. The Bertz CT molecular complexity index is 740. The number of ketones is 1. The molecule has 0 spiro atoms. The summed E-state index contributed by atoms with van der Waals surface area (Å²) in [6.45, 7) is 4.38. The maximum absolute atomic E-state index is 13.0. The van der Waals surface area contributed by atoms with Gasteiger partial charge in [-0.3, -0.25) is 4.79 Å². The molecule has 128 valence electrons. The van der Waals surface area contributed by atoms with Gasteiger partial charge < -0.3 is 10.4 Å². The van der Waals surface area contributed by atoms with Gasteiger partial charge in [-0.05, 0) is 32.4 Å². The second-order valence-electron chi connectivity index (χ2n) is 5.62. The van der Waals surface area contributed by atoms with Gasteiger partial charge in [-0.15, -0.1) is 0 Å². The highest BCUT2D eigenvalue weighted by atomic mass is 19.4. The number of carbonyl (C=O) groups is 2. The van der Waals surface area contributed by atoms with Crippen LogP contribution in [0.2, 0.25) is 0 Å². The van der Waals surface area contributed by atoms with Gasteiger partial charge in [-0.1, -0.05) is 18.2 Å². The number of nitrogens with one attached hydrogen (secondary N) is 1. The molecule has 4 nitrogen and oxygen atoms in total. The van der Waals surface area contributed by atoms with E-state index in [0.717, 1.165) is 12.1 Å². The van der Waals surface area contributed by atoms with E-state index < -0.39 is 29.4 Å². The smallest absolute Gasteiger partial charge is 0.416 e. The van der Waals surface area contributed by atoms with Gasteiger partial charge in [0.25, 0.3) is 0 Å². The third-order valence-electron chi connectivity index (χ3n) is 3.92. The number of alkyl halides is 3. The molecular weight excluding hydrogens is 323 g/mol. The van der Waals surface area contributed by atoms with Crippen molar-refractivity contribution in [2.24, 2.45) is 0 Å². The quantitative estimate of drug-likeness (QED) is 0.883. The van der Waals surface area contributed by atoms with Crippen molar-refractivity contribution in [3.63, 3.8) is 0 Å². The predicted octanol–water partition coefficient (Wildman–Crippen LogP) is 3.61. The van der Waals surface area contributed by atoms with Gasteiger partial charge in [-0.2, -0.15) is 13.2 Å². The van der Waals surface area contributed by atoms with Crippen LogP contribution in [0.3, 0.4) is 0 Å². The number of rotatable bonds is 3. The zero-order valence-corrected chi connectivity index (χ0v) is 13.3. The van der Waals surface area contributed by atoms with E-state index in [0.29, 0.717) is 11.4 Å². The lowest BCUT2D eigenvalue weighted by atomic mass is 9.78. The average molecular weight is 339 g/mol. The number of carbonyl (C=O) groups excluding carboxylic acids is 1. The molecule has 0 saturated carbocycles. The fraction of sp³-hybridized carbons (Fsp3) is 0.294. The lowest BCUT2D eigenvalue weighted by molar-refractivity contribution is -0.137. The summed E-state index contributed by atoms with van der Waals surface area (Å²) in [6.07, 6.45) is -4.56. The summed E-state index contributed by atoms with van der Waals surface area (Å²) in [6, 6.07) is 4.41. The molecule has 7 heteroatoms. The fourth-order valence-electron chi connectivity index (χ4n) is 2.97. The third-order valence-corrected chi connectivity index (χ3v) is 3.92. The SMILES string of the molecule is CC(=O)C1=C(C)NC(C)=C(C(=O)O)C1c1cccc(C(F)(F)F)c1. The summed E-state index contributed by atoms with van der Waals surface area (Å²) in [5, 5.41) is 12.3. The first kappa shape index (κ1) is 17.8. The molecule has 24 heavy (non-hydrogen) atoms. The zero-order valence-electron chi connectivity index (χ0n) is 13.3. The highest BCUT2D eigenvalue weighted by Crippen LogP contribution is 2.40. The van der Waals surface area contributed by atoms with Gasteiger partial charge in [0.15, 0.2) is 5.78 Å². The van der Waals surface area contributed by atoms with Crippen LogP contribution in [0.1, 0.15) is 37.8 Å². The Morgan fingerprint density at radius 1 is 1.12 bits per heavy atom. The summed E-state index contributed by atoms with van der Waals surface area (Å²) < 4.78 is 38.9. The van der Waals surface area contributed by atoms with Crippen LogP contribution in [0, 0.1) is 0 Å². The van der Waals surface area contributed by atoms with Crippen LogP contribution in [0.25, 0.3) is 0 Å². The molecule has 0 bridgehead atoms. The van der Waals surface area contributed by atoms with Crippen LogP contribution >= 0.6 is 0 Å². The minimum Gasteiger partial charge on any atom is -0.478 e. The molecule has 1 aromatic carbocycles. The van der Waals surface area contributed by atoms with E-state index in [1.165, 1.54) is 26.0 Å². The van der Waals surface area contributed by atoms with E-state index in [4.69, 9.17) is 0 Å². The Morgan fingerprint density at radius 3 is 2.21 bits per heavy atom. The van der Waals surface area contributed by atoms with E-state index in [1.54, 1.807) is 6.92 Å². The molecule has 2 N–H and O–H groups in total. The number of allylic oxidation sites excluding steroid dienone is 3. The third kappa shape index (κ3) is 3.20. The van der Waals surface area contributed by atoms with Crippen LogP contribution in [0.15, 0.2) is 46.8 Å². The van der Waals surface area contributed by atoms with Crippen LogP contribution in [-0.2, 0) is 15.8 Å².